The van der Waals surface area contributed by atoms with E-state index >= 15 is 0 Å². The van der Waals surface area contributed by atoms with Gasteiger partial charge in [0.1, 0.15) is 5.56 Å². The van der Waals surface area contributed by atoms with Gasteiger partial charge in [0, 0.05) is 24.9 Å². The molecule has 1 heterocycles. The Kier molecular flexibility index (Phi) is 4.64. The fraction of sp³-hybridized carbons (Fsp3) is 0.667. The maximum Gasteiger partial charge on any atom is 0.340 e. The first-order valence-electron chi connectivity index (χ1n) is 6.80. The zero-order chi connectivity index (χ0) is 15.6. The predicted molar refractivity (Wildman–Crippen MR) is 73.5 cm³/mol. The Balaban J connectivity index is 2.40. The van der Waals surface area contributed by atoms with Crippen molar-refractivity contribution in [3.63, 3.8) is 0 Å². The number of hydrogen-bond acceptors (Lipinski definition) is 5. The van der Waals surface area contributed by atoms with Gasteiger partial charge in [-0.15, -0.1) is 0 Å². The molecule has 0 saturated heterocycles. The molecule has 0 aromatic carbocycles. The summed E-state index contributed by atoms with van der Waals surface area (Å²) in [4.78, 5) is 11.3. The van der Waals surface area contributed by atoms with Crippen molar-refractivity contribution in [2.24, 2.45) is 0 Å². The van der Waals surface area contributed by atoms with Gasteiger partial charge in [0.2, 0.25) is 5.03 Å². The highest BCUT2D eigenvalue weighted by Crippen LogP contribution is 2.31. The van der Waals surface area contributed by atoms with Gasteiger partial charge in [0.05, 0.1) is 0 Å². The number of nitrogens with zero attached hydrogens (tertiary/aromatic N) is 2. The fourth-order valence-corrected chi connectivity index (χ4v) is 4.21. The van der Waals surface area contributed by atoms with Gasteiger partial charge in [0.15, 0.2) is 0 Å². The number of aryl methyl sites for hydroxylation is 1. The molecular formula is C12H19N3O5S. The van der Waals surface area contributed by atoms with Crippen LogP contribution in [0.1, 0.15) is 41.7 Å². The quantitative estimate of drug-likeness (QED) is 0.666. The molecule has 0 bridgehead atoms. The summed E-state index contributed by atoms with van der Waals surface area (Å²) in [5, 5.41) is 23.8. The molecule has 0 radical (unpaired) electrons. The molecule has 8 nitrogen and oxygen atoms in total. The maximum atomic E-state index is 12.7. The Morgan fingerprint density at radius 2 is 2.14 bits per heavy atom. The third-order valence-electron chi connectivity index (χ3n) is 3.70. The molecule has 1 fully saturated rings. The van der Waals surface area contributed by atoms with Crippen LogP contribution in [0, 0.1) is 6.92 Å². The highest BCUT2D eigenvalue weighted by molar-refractivity contribution is 7.89. The summed E-state index contributed by atoms with van der Waals surface area (Å²) in [6.45, 7) is 1.51. The summed E-state index contributed by atoms with van der Waals surface area (Å²) in [6.07, 6.45) is 2.75. The number of carboxylic acids is 1. The monoisotopic (exact) mass is 317 g/mol. The molecule has 0 atom stereocenters. The van der Waals surface area contributed by atoms with Gasteiger partial charge in [-0.2, -0.15) is 9.40 Å². The Hall–Kier alpha value is -1.45. The smallest absolute Gasteiger partial charge is 0.340 e. The summed E-state index contributed by atoms with van der Waals surface area (Å²) >= 11 is 0. The van der Waals surface area contributed by atoms with Gasteiger partial charge in [-0.3, -0.25) is 5.10 Å². The van der Waals surface area contributed by atoms with Gasteiger partial charge in [-0.25, -0.2) is 13.2 Å². The number of sulfonamides is 1. The van der Waals surface area contributed by atoms with Crippen LogP contribution in [0.5, 0.6) is 0 Å². The lowest BCUT2D eigenvalue weighted by atomic mass is 9.93. The summed E-state index contributed by atoms with van der Waals surface area (Å²) in [6, 6.07) is -0.139. The van der Waals surface area contributed by atoms with Crippen molar-refractivity contribution in [2.75, 3.05) is 13.2 Å². The highest BCUT2D eigenvalue weighted by atomic mass is 32.2. The van der Waals surface area contributed by atoms with Gasteiger partial charge >= 0.3 is 5.97 Å². The van der Waals surface area contributed by atoms with Gasteiger partial charge in [-0.1, -0.05) is 6.42 Å². The van der Waals surface area contributed by atoms with Crippen molar-refractivity contribution in [2.45, 2.75) is 43.7 Å². The Bertz CT molecular complexity index is 621. The number of hydrogen-bond donors (Lipinski definition) is 3. The molecule has 9 heteroatoms. The van der Waals surface area contributed by atoms with Crippen LogP contribution >= 0.6 is 0 Å². The normalized spacial score (nSPS) is 16.1. The number of carboxylic acid groups (broad SMARTS) is 1. The number of aromatic nitrogens is 2. The number of aliphatic hydroxyl groups excluding tert-OH is 1. The molecule has 1 aromatic heterocycles. The highest BCUT2D eigenvalue weighted by Gasteiger charge is 2.38. The van der Waals surface area contributed by atoms with E-state index in [2.05, 4.69) is 10.2 Å². The summed E-state index contributed by atoms with van der Waals surface area (Å²) in [5.74, 6) is -1.32. The van der Waals surface area contributed by atoms with Crippen LogP contribution in [0.2, 0.25) is 0 Å². The lowest BCUT2D eigenvalue weighted by Crippen LogP contribution is -2.45. The van der Waals surface area contributed by atoms with Crippen molar-refractivity contribution >= 4 is 16.0 Å². The number of H-pyrrole nitrogens is 1. The van der Waals surface area contributed by atoms with Crippen LogP contribution in [0.25, 0.3) is 0 Å². The molecule has 0 spiro atoms. The second-order valence-electron chi connectivity index (χ2n) is 5.11. The van der Waals surface area contributed by atoms with Gasteiger partial charge < -0.3 is 10.2 Å². The van der Waals surface area contributed by atoms with Crippen molar-refractivity contribution in [1.29, 1.82) is 0 Å². The standard InChI is InChI=1S/C12H19N3O5S/c1-8-10(12(17)18)11(14-13-8)21(19,20)15(6-3-7-16)9-4-2-5-9/h9,16H,2-7H2,1H3,(H,13,14)(H,17,18). The van der Waals surface area contributed by atoms with Crippen LogP contribution < -0.4 is 0 Å². The summed E-state index contributed by atoms with van der Waals surface area (Å²) in [7, 11) is -3.99. The number of aromatic amines is 1. The number of carbonyl (C=O) groups is 1. The zero-order valence-corrected chi connectivity index (χ0v) is 12.6. The third-order valence-corrected chi connectivity index (χ3v) is 5.58. The number of rotatable bonds is 7. The van der Waals surface area contributed by atoms with Crippen LogP contribution in [0.4, 0.5) is 0 Å². The summed E-state index contributed by atoms with van der Waals surface area (Å²) in [5.41, 5.74) is -0.111. The van der Waals surface area contributed by atoms with Crippen molar-refractivity contribution < 1.29 is 23.4 Å². The first-order valence-corrected chi connectivity index (χ1v) is 8.24. The molecule has 1 aliphatic carbocycles. The molecule has 0 unspecified atom stereocenters. The summed E-state index contributed by atoms with van der Waals surface area (Å²) < 4.78 is 26.7. The second kappa shape index (κ2) is 6.12. The largest absolute Gasteiger partial charge is 0.478 e. The molecule has 1 saturated carbocycles. The molecule has 21 heavy (non-hydrogen) atoms. The average molecular weight is 317 g/mol. The number of aliphatic hydroxyl groups is 1. The molecule has 2 rings (SSSR count). The minimum Gasteiger partial charge on any atom is -0.478 e. The van der Waals surface area contributed by atoms with E-state index in [0.717, 1.165) is 19.3 Å². The minimum atomic E-state index is -3.99. The Morgan fingerprint density at radius 3 is 2.62 bits per heavy atom. The van der Waals surface area contributed by atoms with Gasteiger partial charge in [0.25, 0.3) is 10.0 Å². The molecule has 118 valence electrons. The van der Waals surface area contributed by atoms with E-state index in [1.807, 2.05) is 0 Å². The number of nitrogens with one attached hydrogen (secondary N) is 1. The molecular weight excluding hydrogens is 298 g/mol. The maximum absolute atomic E-state index is 12.7. The number of aromatic carboxylic acids is 1. The fourth-order valence-electron chi connectivity index (χ4n) is 2.36. The van der Waals surface area contributed by atoms with E-state index in [1.54, 1.807) is 0 Å². The van der Waals surface area contributed by atoms with E-state index in [9.17, 15) is 18.3 Å². The van der Waals surface area contributed by atoms with E-state index in [4.69, 9.17) is 5.11 Å². The Labute approximate surface area is 122 Å². The van der Waals surface area contributed by atoms with Gasteiger partial charge in [-0.05, 0) is 26.2 Å². The van der Waals surface area contributed by atoms with E-state index in [-0.39, 0.29) is 30.5 Å². The zero-order valence-electron chi connectivity index (χ0n) is 11.7. The van der Waals surface area contributed by atoms with Crippen molar-refractivity contribution in [3.8, 4) is 0 Å². The van der Waals surface area contributed by atoms with Crippen molar-refractivity contribution in [3.05, 3.63) is 11.3 Å². The third kappa shape index (κ3) is 2.94. The molecule has 0 amide bonds. The first-order chi connectivity index (χ1) is 9.89. The van der Waals surface area contributed by atoms with E-state index in [1.165, 1.54) is 11.2 Å². The SMILES string of the molecule is Cc1[nH]nc(S(=O)(=O)N(CCCO)C2CCC2)c1C(=O)O. The molecule has 0 aliphatic heterocycles. The predicted octanol–water partition coefficient (Wildman–Crippen LogP) is 0.342. The van der Waals surface area contributed by atoms with Crippen LogP contribution in [0.15, 0.2) is 5.03 Å². The molecule has 1 aromatic rings. The lowest BCUT2D eigenvalue weighted by molar-refractivity contribution is 0.0691. The van der Waals surface area contributed by atoms with E-state index < -0.39 is 21.0 Å². The second-order valence-corrected chi connectivity index (χ2v) is 6.92. The van der Waals surface area contributed by atoms with Crippen LogP contribution in [-0.2, 0) is 10.0 Å². The lowest BCUT2D eigenvalue weighted by Gasteiger charge is -2.36. The van der Waals surface area contributed by atoms with Crippen LogP contribution in [0.3, 0.4) is 0 Å². The Morgan fingerprint density at radius 1 is 1.48 bits per heavy atom. The van der Waals surface area contributed by atoms with Crippen molar-refractivity contribution in [1.82, 2.24) is 14.5 Å². The minimum absolute atomic E-state index is 0.121. The van der Waals surface area contributed by atoms with Crippen LogP contribution in [-0.4, -0.2) is 58.3 Å². The topological polar surface area (TPSA) is 124 Å². The molecule has 1 aliphatic rings. The van der Waals surface area contributed by atoms with E-state index in [0.29, 0.717) is 6.42 Å². The molecule has 3 N–H and O–H groups in total. The first kappa shape index (κ1) is 15.9. The average Bonchev–Trinajstić information content (AvgIpc) is 2.74.